The van der Waals surface area contributed by atoms with Gasteiger partial charge in [0.15, 0.2) is 5.82 Å². The molecule has 1 aromatic heterocycles. The van der Waals surface area contributed by atoms with E-state index in [-0.39, 0.29) is 11.3 Å². The lowest BCUT2D eigenvalue weighted by molar-refractivity contribution is -0.116. The molecule has 3 rings (SSSR count). The summed E-state index contributed by atoms with van der Waals surface area (Å²) in [5.41, 5.74) is 1.77. The van der Waals surface area contributed by atoms with Crippen molar-refractivity contribution in [1.29, 1.82) is 0 Å². The van der Waals surface area contributed by atoms with Gasteiger partial charge in [0, 0.05) is 42.7 Å². The summed E-state index contributed by atoms with van der Waals surface area (Å²) < 4.78 is 10.6. The molecule has 7 heteroatoms. The SMILES string of the molecule is CC(C)(C)c1noc(CCC(=O)Nc2ccc(N3CCOCC3)cc2)n1. The third-order valence-electron chi connectivity index (χ3n) is 4.23. The summed E-state index contributed by atoms with van der Waals surface area (Å²) in [4.78, 5) is 18.8. The van der Waals surface area contributed by atoms with Crippen molar-refractivity contribution in [1.82, 2.24) is 10.1 Å². The van der Waals surface area contributed by atoms with Gasteiger partial charge in [-0.3, -0.25) is 4.79 Å². The zero-order chi connectivity index (χ0) is 18.6. The maximum Gasteiger partial charge on any atom is 0.227 e. The van der Waals surface area contributed by atoms with E-state index in [0.717, 1.165) is 37.7 Å². The third-order valence-corrected chi connectivity index (χ3v) is 4.23. The largest absolute Gasteiger partial charge is 0.378 e. The van der Waals surface area contributed by atoms with E-state index >= 15 is 0 Å². The molecule has 1 aliphatic rings. The minimum atomic E-state index is -0.160. The number of nitrogens with one attached hydrogen (secondary N) is 1. The Morgan fingerprint density at radius 3 is 2.50 bits per heavy atom. The Labute approximate surface area is 153 Å². The summed E-state index contributed by atoms with van der Waals surface area (Å²) in [6, 6.07) is 7.89. The van der Waals surface area contributed by atoms with Crippen molar-refractivity contribution in [3.8, 4) is 0 Å². The normalized spacial score (nSPS) is 15.1. The first-order valence-corrected chi connectivity index (χ1v) is 8.97. The lowest BCUT2D eigenvalue weighted by Gasteiger charge is -2.28. The van der Waals surface area contributed by atoms with E-state index in [0.29, 0.717) is 24.6 Å². The molecule has 1 fully saturated rings. The number of carbonyl (C=O) groups is 1. The van der Waals surface area contributed by atoms with Gasteiger partial charge in [-0.25, -0.2) is 0 Å². The van der Waals surface area contributed by atoms with Crippen LogP contribution in [-0.4, -0.2) is 42.4 Å². The van der Waals surface area contributed by atoms with Gasteiger partial charge < -0.3 is 19.5 Å². The smallest absolute Gasteiger partial charge is 0.227 e. The Morgan fingerprint density at radius 2 is 1.88 bits per heavy atom. The van der Waals surface area contributed by atoms with Gasteiger partial charge in [-0.2, -0.15) is 4.98 Å². The second-order valence-electron chi connectivity index (χ2n) is 7.46. The summed E-state index contributed by atoms with van der Waals surface area (Å²) in [6.07, 6.45) is 0.734. The zero-order valence-electron chi connectivity index (χ0n) is 15.6. The van der Waals surface area contributed by atoms with Crippen LogP contribution in [0.1, 0.15) is 38.9 Å². The molecule has 26 heavy (non-hydrogen) atoms. The molecule has 0 bridgehead atoms. The summed E-state index contributed by atoms with van der Waals surface area (Å²) in [5, 5.41) is 6.88. The molecule has 140 valence electrons. The van der Waals surface area contributed by atoms with Crippen LogP contribution >= 0.6 is 0 Å². The Morgan fingerprint density at radius 1 is 1.19 bits per heavy atom. The molecule has 0 atom stereocenters. The van der Waals surface area contributed by atoms with E-state index < -0.39 is 0 Å². The van der Waals surface area contributed by atoms with Gasteiger partial charge in [0.05, 0.1) is 13.2 Å². The number of aromatic nitrogens is 2. The van der Waals surface area contributed by atoms with Crippen molar-refractivity contribution in [3.05, 3.63) is 36.0 Å². The van der Waals surface area contributed by atoms with Crippen LogP contribution < -0.4 is 10.2 Å². The van der Waals surface area contributed by atoms with Crippen LogP contribution in [0.5, 0.6) is 0 Å². The molecular formula is C19H26N4O3. The lowest BCUT2D eigenvalue weighted by atomic mass is 9.96. The molecule has 1 amide bonds. The van der Waals surface area contributed by atoms with Crippen molar-refractivity contribution < 1.29 is 14.1 Å². The Kier molecular flexibility index (Phi) is 5.56. The summed E-state index contributed by atoms with van der Waals surface area (Å²) >= 11 is 0. The Hall–Kier alpha value is -2.41. The first-order valence-electron chi connectivity index (χ1n) is 8.97. The van der Waals surface area contributed by atoms with Gasteiger partial charge in [0.25, 0.3) is 0 Å². The highest BCUT2D eigenvalue weighted by atomic mass is 16.5. The zero-order valence-corrected chi connectivity index (χ0v) is 15.6. The molecule has 0 saturated carbocycles. The average Bonchev–Trinajstić information content (AvgIpc) is 3.11. The van der Waals surface area contributed by atoms with Crippen LogP contribution in [0, 0.1) is 0 Å². The fourth-order valence-electron chi connectivity index (χ4n) is 2.68. The van der Waals surface area contributed by atoms with Crippen LogP contribution in [-0.2, 0) is 21.4 Å². The van der Waals surface area contributed by atoms with Crippen molar-refractivity contribution in [2.24, 2.45) is 0 Å². The number of anilines is 2. The van der Waals surface area contributed by atoms with Crippen molar-refractivity contribution in [3.63, 3.8) is 0 Å². The lowest BCUT2D eigenvalue weighted by Crippen LogP contribution is -2.36. The second-order valence-corrected chi connectivity index (χ2v) is 7.46. The first-order chi connectivity index (χ1) is 12.4. The number of aryl methyl sites for hydroxylation is 1. The molecule has 0 spiro atoms. The number of nitrogens with zero attached hydrogens (tertiary/aromatic N) is 3. The number of hydrogen-bond donors (Lipinski definition) is 1. The van der Waals surface area contributed by atoms with Crippen molar-refractivity contribution >= 4 is 17.3 Å². The van der Waals surface area contributed by atoms with Crippen LogP contribution in [0.25, 0.3) is 0 Å². The van der Waals surface area contributed by atoms with Gasteiger partial charge in [0.2, 0.25) is 11.8 Å². The van der Waals surface area contributed by atoms with E-state index in [4.69, 9.17) is 9.26 Å². The molecule has 1 aromatic carbocycles. The molecule has 0 unspecified atom stereocenters. The molecule has 2 heterocycles. The standard InChI is InChI=1S/C19H26N4O3/c1-19(2,3)18-21-17(26-22-18)9-8-16(24)20-14-4-6-15(7-5-14)23-10-12-25-13-11-23/h4-7H,8-13H2,1-3H3,(H,20,24). The average molecular weight is 358 g/mol. The predicted octanol–water partition coefficient (Wildman–Crippen LogP) is 2.78. The summed E-state index contributed by atoms with van der Waals surface area (Å²) in [7, 11) is 0. The van der Waals surface area contributed by atoms with E-state index in [1.54, 1.807) is 0 Å². The molecule has 2 aromatic rings. The quantitative estimate of drug-likeness (QED) is 0.885. The van der Waals surface area contributed by atoms with Crippen LogP contribution in [0.4, 0.5) is 11.4 Å². The van der Waals surface area contributed by atoms with Crippen molar-refractivity contribution in [2.45, 2.75) is 39.0 Å². The third kappa shape index (κ3) is 4.82. The molecule has 1 saturated heterocycles. The van der Waals surface area contributed by atoms with E-state index in [1.165, 1.54) is 0 Å². The number of ether oxygens (including phenoxy) is 1. The monoisotopic (exact) mass is 358 g/mol. The second kappa shape index (κ2) is 7.86. The number of benzene rings is 1. The van der Waals surface area contributed by atoms with Crippen LogP contribution in [0.2, 0.25) is 0 Å². The maximum absolute atomic E-state index is 12.1. The molecule has 1 aliphatic heterocycles. The molecule has 1 N–H and O–H groups in total. The van der Waals surface area contributed by atoms with Gasteiger partial charge in [0.1, 0.15) is 0 Å². The van der Waals surface area contributed by atoms with Crippen LogP contribution in [0.3, 0.4) is 0 Å². The first kappa shape index (κ1) is 18.4. The highest BCUT2D eigenvalue weighted by Crippen LogP contribution is 2.20. The number of amides is 1. The number of morpholine rings is 1. The molecule has 7 nitrogen and oxygen atoms in total. The topological polar surface area (TPSA) is 80.5 Å². The van der Waals surface area contributed by atoms with Gasteiger partial charge >= 0.3 is 0 Å². The highest BCUT2D eigenvalue weighted by Gasteiger charge is 2.21. The fourth-order valence-corrected chi connectivity index (χ4v) is 2.68. The van der Waals surface area contributed by atoms with Crippen molar-refractivity contribution in [2.75, 3.05) is 36.5 Å². The number of carbonyl (C=O) groups excluding carboxylic acids is 1. The van der Waals surface area contributed by atoms with Gasteiger partial charge in [-0.15, -0.1) is 0 Å². The van der Waals surface area contributed by atoms with E-state index in [2.05, 4.69) is 20.4 Å². The number of rotatable bonds is 5. The number of hydrogen-bond acceptors (Lipinski definition) is 6. The maximum atomic E-state index is 12.1. The highest BCUT2D eigenvalue weighted by molar-refractivity contribution is 5.90. The van der Waals surface area contributed by atoms with Gasteiger partial charge in [-0.1, -0.05) is 25.9 Å². The summed E-state index contributed by atoms with van der Waals surface area (Å²) in [5.74, 6) is 1.08. The fraction of sp³-hybridized carbons (Fsp3) is 0.526. The van der Waals surface area contributed by atoms with Crippen LogP contribution in [0.15, 0.2) is 28.8 Å². The Bertz CT molecular complexity index is 728. The van der Waals surface area contributed by atoms with E-state index in [9.17, 15) is 4.79 Å². The molecular weight excluding hydrogens is 332 g/mol. The van der Waals surface area contributed by atoms with E-state index in [1.807, 2.05) is 45.0 Å². The Balaban J connectivity index is 1.49. The minimum absolute atomic E-state index is 0.0698. The minimum Gasteiger partial charge on any atom is -0.378 e. The molecule has 0 radical (unpaired) electrons. The molecule has 0 aliphatic carbocycles. The van der Waals surface area contributed by atoms with Gasteiger partial charge in [-0.05, 0) is 24.3 Å². The summed E-state index contributed by atoms with van der Waals surface area (Å²) in [6.45, 7) is 9.37. The predicted molar refractivity (Wildman–Crippen MR) is 99.4 cm³/mol.